The first kappa shape index (κ1) is 23.2. The largest absolute Gasteiger partial charge is 0.394 e. The molecule has 2 aliphatic rings. The van der Waals surface area contributed by atoms with Crippen LogP contribution in [0.3, 0.4) is 0 Å². The monoisotopic (exact) mass is 418 g/mol. The molecule has 8 heteroatoms. The number of ether oxygens (including phenoxy) is 2. The van der Waals surface area contributed by atoms with Crippen molar-refractivity contribution in [2.24, 2.45) is 5.92 Å². The first-order chi connectivity index (χ1) is 14.5. The van der Waals surface area contributed by atoms with Crippen molar-refractivity contribution in [1.82, 2.24) is 9.55 Å². The standard InChI is InChI=1S/C22H32N3O5/c1-15(2)13-23-18-10-11-25(22(28)24-18)21-19(27)20(17(14-26)30-21)29-12-6-5-9-16-7-3-4-8-16/h3-4,7-8,10-11,15,17,19-21,26-27H,5-6,9,12-14H2,1-2H3,(H,23,24,28)/t17-,19-,20-,21-/m1/s1. The number of aromatic nitrogens is 2. The van der Waals surface area contributed by atoms with E-state index in [0.29, 0.717) is 24.9 Å². The van der Waals surface area contributed by atoms with Crippen molar-refractivity contribution in [3.8, 4) is 0 Å². The molecule has 2 heterocycles. The molecule has 0 bridgehead atoms. The van der Waals surface area contributed by atoms with E-state index in [1.165, 1.54) is 10.5 Å². The predicted octanol–water partition coefficient (Wildman–Crippen LogP) is 1.52. The third kappa shape index (κ3) is 6.03. The molecule has 0 unspecified atom stereocenters. The Morgan fingerprint density at radius 1 is 1.30 bits per heavy atom. The van der Waals surface area contributed by atoms with Crippen molar-refractivity contribution in [1.29, 1.82) is 0 Å². The molecule has 4 atom stereocenters. The molecule has 1 aromatic rings. The molecule has 3 rings (SSSR count). The van der Waals surface area contributed by atoms with Gasteiger partial charge in [-0.2, -0.15) is 4.98 Å². The van der Waals surface area contributed by atoms with Crippen LogP contribution in [0, 0.1) is 37.5 Å². The second kappa shape index (κ2) is 11.2. The Labute approximate surface area is 178 Å². The molecule has 1 aliphatic heterocycles. The molecule has 1 saturated heterocycles. The maximum absolute atomic E-state index is 12.4. The van der Waals surface area contributed by atoms with E-state index >= 15 is 0 Å². The summed E-state index contributed by atoms with van der Waals surface area (Å²) in [5.74, 6) is 2.20. The zero-order valence-electron chi connectivity index (χ0n) is 17.6. The van der Waals surface area contributed by atoms with Gasteiger partial charge in [0.05, 0.1) is 6.61 Å². The Balaban J connectivity index is 1.53. The van der Waals surface area contributed by atoms with Crippen LogP contribution in [0.4, 0.5) is 5.82 Å². The van der Waals surface area contributed by atoms with Gasteiger partial charge in [-0.25, -0.2) is 4.79 Å². The van der Waals surface area contributed by atoms with E-state index in [-0.39, 0.29) is 6.61 Å². The summed E-state index contributed by atoms with van der Waals surface area (Å²) in [6.07, 6.45) is 9.12. The lowest BCUT2D eigenvalue weighted by atomic mass is 10.0. The van der Waals surface area contributed by atoms with Gasteiger partial charge in [-0.3, -0.25) is 4.57 Å². The highest BCUT2D eigenvalue weighted by Crippen LogP contribution is 2.31. The summed E-state index contributed by atoms with van der Waals surface area (Å²) in [5, 5.41) is 23.5. The van der Waals surface area contributed by atoms with E-state index < -0.39 is 30.2 Å². The van der Waals surface area contributed by atoms with E-state index in [1.807, 2.05) is 12.8 Å². The van der Waals surface area contributed by atoms with Crippen LogP contribution in [0.2, 0.25) is 0 Å². The first-order valence-electron chi connectivity index (χ1n) is 10.6. The second-order valence-corrected chi connectivity index (χ2v) is 8.10. The minimum Gasteiger partial charge on any atom is -0.394 e. The van der Waals surface area contributed by atoms with Gasteiger partial charge < -0.3 is 25.0 Å². The molecule has 165 valence electrons. The number of hydrogen-bond acceptors (Lipinski definition) is 7. The lowest BCUT2D eigenvalue weighted by Gasteiger charge is -2.20. The van der Waals surface area contributed by atoms with Gasteiger partial charge in [0.2, 0.25) is 0 Å². The van der Waals surface area contributed by atoms with E-state index in [4.69, 9.17) is 9.47 Å². The Kier molecular flexibility index (Phi) is 8.68. The van der Waals surface area contributed by atoms with Crippen LogP contribution >= 0.6 is 0 Å². The van der Waals surface area contributed by atoms with Gasteiger partial charge in [0, 0.05) is 19.3 Å². The van der Waals surface area contributed by atoms with Crippen molar-refractivity contribution < 1.29 is 19.7 Å². The Bertz CT molecular complexity index is 704. The summed E-state index contributed by atoms with van der Waals surface area (Å²) < 4.78 is 12.8. The van der Waals surface area contributed by atoms with Crippen molar-refractivity contribution in [3.05, 3.63) is 54.3 Å². The molecule has 0 aromatic carbocycles. The summed E-state index contributed by atoms with van der Waals surface area (Å²) in [7, 11) is 0. The average molecular weight is 419 g/mol. The van der Waals surface area contributed by atoms with Crippen molar-refractivity contribution in [2.45, 2.75) is 57.6 Å². The zero-order chi connectivity index (χ0) is 21.5. The maximum Gasteiger partial charge on any atom is 0.351 e. The lowest BCUT2D eigenvalue weighted by molar-refractivity contribution is -0.0625. The molecule has 5 radical (unpaired) electrons. The number of unbranched alkanes of at least 4 members (excludes halogenated alkanes) is 1. The van der Waals surface area contributed by atoms with Gasteiger partial charge in [-0.1, -0.05) is 20.3 Å². The SMILES string of the molecule is CC(C)CNc1ccn([C@@H]2O[C@H](CO)[C@@H](OCCCC[C]3[CH][CH][CH][CH]3)[C@H]2O)c(=O)n1. The van der Waals surface area contributed by atoms with E-state index in [1.54, 1.807) is 12.3 Å². The number of aliphatic hydroxyl groups is 2. The van der Waals surface area contributed by atoms with Crippen LogP contribution in [0.15, 0.2) is 17.1 Å². The first-order valence-corrected chi connectivity index (χ1v) is 10.6. The fourth-order valence-corrected chi connectivity index (χ4v) is 3.55. The number of nitrogens with one attached hydrogen (secondary N) is 1. The zero-order valence-corrected chi connectivity index (χ0v) is 17.6. The van der Waals surface area contributed by atoms with Gasteiger partial charge in [0.1, 0.15) is 24.1 Å². The number of aliphatic hydroxyl groups excluding tert-OH is 2. The second-order valence-electron chi connectivity index (χ2n) is 8.10. The van der Waals surface area contributed by atoms with Crippen molar-refractivity contribution >= 4 is 5.82 Å². The number of nitrogens with zero attached hydrogens (tertiary/aromatic N) is 2. The Hall–Kier alpha value is -1.48. The summed E-state index contributed by atoms with van der Waals surface area (Å²) >= 11 is 0. The lowest BCUT2D eigenvalue weighted by Crippen LogP contribution is -2.38. The third-order valence-electron chi connectivity index (χ3n) is 5.19. The minimum atomic E-state index is -1.08. The van der Waals surface area contributed by atoms with Gasteiger partial charge >= 0.3 is 5.69 Å². The highest BCUT2D eigenvalue weighted by molar-refractivity contribution is 5.35. The molecule has 1 saturated carbocycles. The fraction of sp³-hybridized carbons (Fsp3) is 0.591. The Morgan fingerprint density at radius 2 is 2.07 bits per heavy atom. The van der Waals surface area contributed by atoms with Gasteiger partial charge in [-0.15, -0.1) is 0 Å². The van der Waals surface area contributed by atoms with Crippen molar-refractivity contribution in [3.63, 3.8) is 0 Å². The number of anilines is 1. The topological polar surface area (TPSA) is 106 Å². The molecular weight excluding hydrogens is 386 g/mol. The van der Waals surface area contributed by atoms with E-state index in [2.05, 4.69) is 37.0 Å². The van der Waals surface area contributed by atoms with Gasteiger partial charge in [0.25, 0.3) is 0 Å². The quantitative estimate of drug-likeness (QED) is 0.468. The van der Waals surface area contributed by atoms with Crippen LogP contribution in [-0.4, -0.2) is 57.8 Å². The van der Waals surface area contributed by atoms with Crippen LogP contribution in [-0.2, 0) is 9.47 Å². The molecule has 1 aliphatic carbocycles. The van der Waals surface area contributed by atoms with Gasteiger partial charge in [-0.05, 0) is 56.4 Å². The molecule has 8 nitrogen and oxygen atoms in total. The molecule has 0 spiro atoms. The van der Waals surface area contributed by atoms with E-state index in [0.717, 1.165) is 19.3 Å². The normalized spacial score (nSPS) is 27.2. The molecule has 30 heavy (non-hydrogen) atoms. The smallest absolute Gasteiger partial charge is 0.351 e. The highest BCUT2D eigenvalue weighted by atomic mass is 16.6. The average Bonchev–Trinajstić information content (AvgIpc) is 3.34. The van der Waals surface area contributed by atoms with E-state index in [9.17, 15) is 15.0 Å². The maximum atomic E-state index is 12.4. The minimum absolute atomic E-state index is 0.304. The van der Waals surface area contributed by atoms with Crippen LogP contribution in [0.25, 0.3) is 0 Å². The molecule has 2 fully saturated rings. The van der Waals surface area contributed by atoms with Gasteiger partial charge in [0.15, 0.2) is 6.23 Å². The molecular formula is C22H32N3O5. The summed E-state index contributed by atoms with van der Waals surface area (Å²) in [6.45, 7) is 4.97. The van der Waals surface area contributed by atoms with Crippen LogP contribution < -0.4 is 11.0 Å². The fourth-order valence-electron chi connectivity index (χ4n) is 3.55. The summed E-state index contributed by atoms with van der Waals surface area (Å²) in [6, 6.07) is 1.67. The van der Waals surface area contributed by atoms with Crippen LogP contribution in [0.1, 0.15) is 39.3 Å². The molecule has 3 N–H and O–H groups in total. The number of rotatable bonds is 11. The summed E-state index contributed by atoms with van der Waals surface area (Å²) in [4.78, 5) is 16.5. The molecule has 0 amide bonds. The van der Waals surface area contributed by atoms with Crippen molar-refractivity contribution in [2.75, 3.05) is 25.1 Å². The van der Waals surface area contributed by atoms with Crippen LogP contribution in [0.5, 0.6) is 0 Å². The third-order valence-corrected chi connectivity index (χ3v) is 5.19. The predicted molar refractivity (Wildman–Crippen MR) is 113 cm³/mol. The summed E-state index contributed by atoms with van der Waals surface area (Å²) in [5.41, 5.74) is -0.528. The molecule has 1 aromatic heterocycles. The Morgan fingerprint density at radius 3 is 2.73 bits per heavy atom. The number of hydrogen-bond donors (Lipinski definition) is 3. The highest BCUT2D eigenvalue weighted by Gasteiger charge is 2.45.